The van der Waals surface area contributed by atoms with Gasteiger partial charge in [-0.15, -0.1) is 0 Å². The standard InChI is InChI=1S/C21H26N2O4S/c1-15-3-4-18(26-2)17(11-15)21(6-8-27-9-7-21)14-23-19(24)12-22-20(25)16-5-10-28-13-16/h3-5,10-11,13H,6-9,12,14H2,1-2H3,(H,22,25)(H,23,24). The smallest absolute Gasteiger partial charge is 0.252 e. The highest BCUT2D eigenvalue weighted by atomic mass is 32.1. The van der Waals surface area contributed by atoms with Crippen molar-refractivity contribution in [1.29, 1.82) is 0 Å². The van der Waals surface area contributed by atoms with Crippen LogP contribution in [0.5, 0.6) is 5.75 Å². The van der Waals surface area contributed by atoms with E-state index in [4.69, 9.17) is 9.47 Å². The molecule has 0 aliphatic carbocycles. The summed E-state index contributed by atoms with van der Waals surface area (Å²) in [6, 6.07) is 7.87. The molecular formula is C21H26N2O4S. The average Bonchev–Trinajstić information content (AvgIpc) is 3.26. The van der Waals surface area contributed by atoms with Gasteiger partial charge in [-0.05, 0) is 37.3 Å². The first-order valence-electron chi connectivity index (χ1n) is 9.34. The molecule has 1 saturated heterocycles. The molecule has 2 amide bonds. The van der Waals surface area contributed by atoms with Crippen molar-refractivity contribution < 1.29 is 19.1 Å². The molecule has 1 aliphatic heterocycles. The van der Waals surface area contributed by atoms with Gasteiger partial charge in [0.15, 0.2) is 0 Å². The van der Waals surface area contributed by atoms with Crippen molar-refractivity contribution in [3.8, 4) is 5.75 Å². The largest absolute Gasteiger partial charge is 0.496 e. The Hall–Kier alpha value is -2.38. The summed E-state index contributed by atoms with van der Waals surface area (Å²) >= 11 is 1.45. The Morgan fingerprint density at radius 2 is 2.00 bits per heavy atom. The maximum atomic E-state index is 12.4. The van der Waals surface area contributed by atoms with Crippen LogP contribution in [0.15, 0.2) is 35.0 Å². The third kappa shape index (κ3) is 4.72. The molecular weight excluding hydrogens is 376 g/mol. The lowest BCUT2D eigenvalue weighted by molar-refractivity contribution is -0.120. The number of hydrogen-bond acceptors (Lipinski definition) is 5. The minimum Gasteiger partial charge on any atom is -0.496 e. The first-order chi connectivity index (χ1) is 13.5. The number of hydrogen-bond donors (Lipinski definition) is 2. The molecule has 1 fully saturated rings. The van der Waals surface area contributed by atoms with Crippen LogP contribution < -0.4 is 15.4 Å². The SMILES string of the molecule is COc1ccc(C)cc1C1(CNC(=O)CNC(=O)c2ccsc2)CCOCC1. The van der Waals surface area contributed by atoms with E-state index in [2.05, 4.69) is 23.6 Å². The van der Waals surface area contributed by atoms with Crippen molar-refractivity contribution in [3.63, 3.8) is 0 Å². The molecule has 1 aliphatic rings. The van der Waals surface area contributed by atoms with Crippen molar-refractivity contribution >= 4 is 23.2 Å². The quantitative estimate of drug-likeness (QED) is 0.747. The Morgan fingerprint density at radius 3 is 2.68 bits per heavy atom. The second kappa shape index (κ2) is 9.21. The monoisotopic (exact) mass is 402 g/mol. The molecule has 2 aromatic rings. The number of amides is 2. The van der Waals surface area contributed by atoms with Crippen LogP contribution in [-0.4, -0.2) is 45.2 Å². The number of rotatable bonds is 7. The Balaban J connectivity index is 1.67. The van der Waals surface area contributed by atoms with Crippen molar-refractivity contribution in [2.24, 2.45) is 0 Å². The highest BCUT2D eigenvalue weighted by molar-refractivity contribution is 7.08. The zero-order chi connectivity index (χ0) is 20.0. The first-order valence-corrected chi connectivity index (χ1v) is 10.3. The molecule has 0 radical (unpaired) electrons. The lowest BCUT2D eigenvalue weighted by Gasteiger charge is -2.38. The number of ether oxygens (including phenoxy) is 2. The average molecular weight is 403 g/mol. The van der Waals surface area contributed by atoms with Gasteiger partial charge >= 0.3 is 0 Å². The van der Waals surface area contributed by atoms with E-state index in [-0.39, 0.29) is 23.8 Å². The van der Waals surface area contributed by atoms with E-state index in [1.807, 2.05) is 17.5 Å². The predicted octanol–water partition coefficient (Wildman–Crippen LogP) is 2.66. The Labute approximate surface area is 169 Å². The van der Waals surface area contributed by atoms with Gasteiger partial charge in [0.05, 0.1) is 13.7 Å². The molecule has 0 bridgehead atoms. The van der Waals surface area contributed by atoms with E-state index in [0.29, 0.717) is 25.3 Å². The molecule has 2 heterocycles. The molecule has 7 heteroatoms. The molecule has 0 saturated carbocycles. The molecule has 0 unspecified atom stereocenters. The molecule has 0 atom stereocenters. The number of benzene rings is 1. The van der Waals surface area contributed by atoms with Crippen LogP contribution in [0.25, 0.3) is 0 Å². The van der Waals surface area contributed by atoms with Crippen molar-refractivity contribution in [1.82, 2.24) is 10.6 Å². The number of nitrogens with one attached hydrogen (secondary N) is 2. The van der Waals surface area contributed by atoms with Crippen LogP contribution in [0.2, 0.25) is 0 Å². The van der Waals surface area contributed by atoms with Crippen molar-refractivity contribution in [2.75, 3.05) is 33.4 Å². The minimum atomic E-state index is -0.247. The van der Waals surface area contributed by atoms with E-state index < -0.39 is 0 Å². The summed E-state index contributed by atoms with van der Waals surface area (Å²) in [5.74, 6) is 0.381. The maximum Gasteiger partial charge on any atom is 0.252 e. The highest BCUT2D eigenvalue weighted by Crippen LogP contribution is 2.40. The van der Waals surface area contributed by atoms with Crippen LogP contribution in [0, 0.1) is 6.92 Å². The van der Waals surface area contributed by atoms with Crippen molar-refractivity contribution in [2.45, 2.75) is 25.2 Å². The molecule has 0 spiro atoms. The summed E-state index contributed by atoms with van der Waals surface area (Å²) in [6.45, 7) is 3.76. The van der Waals surface area contributed by atoms with Gasteiger partial charge in [0, 0.05) is 41.7 Å². The predicted molar refractivity (Wildman–Crippen MR) is 109 cm³/mol. The van der Waals surface area contributed by atoms with E-state index in [0.717, 1.165) is 29.7 Å². The first kappa shape index (κ1) is 20.4. The fraction of sp³-hybridized carbons (Fsp3) is 0.429. The lowest BCUT2D eigenvalue weighted by atomic mass is 9.73. The van der Waals surface area contributed by atoms with Crippen LogP contribution in [-0.2, 0) is 14.9 Å². The summed E-state index contributed by atoms with van der Waals surface area (Å²) in [7, 11) is 1.67. The van der Waals surface area contributed by atoms with Gasteiger partial charge in [0.2, 0.25) is 5.91 Å². The maximum absolute atomic E-state index is 12.4. The Morgan fingerprint density at radius 1 is 1.21 bits per heavy atom. The van der Waals surface area contributed by atoms with Crippen LogP contribution in [0.4, 0.5) is 0 Å². The van der Waals surface area contributed by atoms with Crippen LogP contribution in [0.1, 0.15) is 34.3 Å². The molecule has 1 aromatic heterocycles. The second-order valence-corrected chi connectivity index (χ2v) is 7.85. The van der Waals surface area contributed by atoms with Crippen molar-refractivity contribution in [3.05, 3.63) is 51.7 Å². The summed E-state index contributed by atoms with van der Waals surface area (Å²) in [4.78, 5) is 24.4. The number of thiophene rings is 1. The van der Waals surface area contributed by atoms with Gasteiger partial charge in [0.25, 0.3) is 5.91 Å². The van der Waals surface area contributed by atoms with Gasteiger partial charge in [0.1, 0.15) is 5.75 Å². The number of carbonyl (C=O) groups excluding carboxylic acids is 2. The summed E-state index contributed by atoms with van der Waals surface area (Å²) in [5, 5.41) is 9.25. The molecule has 6 nitrogen and oxygen atoms in total. The fourth-order valence-electron chi connectivity index (χ4n) is 3.53. The molecule has 2 N–H and O–H groups in total. The summed E-state index contributed by atoms with van der Waals surface area (Å²) in [5.41, 5.74) is 2.57. The molecule has 1 aromatic carbocycles. The van der Waals surface area contributed by atoms with Gasteiger partial charge in [-0.3, -0.25) is 9.59 Å². The zero-order valence-electron chi connectivity index (χ0n) is 16.2. The molecule has 28 heavy (non-hydrogen) atoms. The number of methoxy groups -OCH3 is 1. The molecule has 150 valence electrons. The zero-order valence-corrected chi connectivity index (χ0v) is 17.1. The van der Waals surface area contributed by atoms with Gasteiger partial charge in [-0.2, -0.15) is 11.3 Å². The van der Waals surface area contributed by atoms with E-state index in [1.165, 1.54) is 11.3 Å². The fourth-order valence-corrected chi connectivity index (χ4v) is 4.16. The number of aryl methyl sites for hydroxylation is 1. The third-order valence-corrected chi connectivity index (χ3v) is 5.88. The minimum absolute atomic E-state index is 0.0494. The van der Waals surface area contributed by atoms with Gasteiger partial charge in [-0.25, -0.2) is 0 Å². The van der Waals surface area contributed by atoms with E-state index in [9.17, 15) is 9.59 Å². The van der Waals surface area contributed by atoms with Gasteiger partial charge in [-0.1, -0.05) is 17.7 Å². The highest BCUT2D eigenvalue weighted by Gasteiger charge is 2.37. The van der Waals surface area contributed by atoms with E-state index in [1.54, 1.807) is 18.6 Å². The lowest BCUT2D eigenvalue weighted by Crippen LogP contribution is -2.47. The third-order valence-electron chi connectivity index (χ3n) is 5.19. The van der Waals surface area contributed by atoms with E-state index >= 15 is 0 Å². The number of carbonyl (C=O) groups is 2. The topological polar surface area (TPSA) is 76.7 Å². The summed E-state index contributed by atoms with van der Waals surface area (Å²) in [6.07, 6.45) is 1.60. The molecule has 3 rings (SSSR count). The van der Waals surface area contributed by atoms with Gasteiger partial charge < -0.3 is 20.1 Å². The Kier molecular flexibility index (Phi) is 6.70. The van der Waals surface area contributed by atoms with Crippen LogP contribution in [0.3, 0.4) is 0 Å². The second-order valence-electron chi connectivity index (χ2n) is 7.07. The normalized spacial score (nSPS) is 15.6. The summed E-state index contributed by atoms with van der Waals surface area (Å²) < 4.78 is 11.2. The van der Waals surface area contributed by atoms with Crippen LogP contribution >= 0.6 is 11.3 Å². The Bertz CT molecular complexity index is 814.